The van der Waals surface area contributed by atoms with E-state index in [1.807, 2.05) is 30.3 Å². The van der Waals surface area contributed by atoms with Gasteiger partial charge in [-0.1, -0.05) is 30.3 Å². The predicted octanol–water partition coefficient (Wildman–Crippen LogP) is -2.15. The maximum atomic E-state index is 12.5. The van der Waals surface area contributed by atoms with Gasteiger partial charge in [0.2, 0.25) is 17.7 Å². The molecule has 3 unspecified atom stereocenters. The molecule has 0 aliphatic heterocycles. The standard InChI is InChI=1S/C20H31N5O6/c21-9-5-4-8-15(19(29)23-11-17(27)24-16(12-26)20(30)31)25-18(28)14(22)10-13-6-2-1-3-7-13/h1-3,6-7,14-16,26H,4-5,8-12,21-22H2,(H,23,29)(H,24,27)(H,25,28)(H,30,31). The fourth-order valence-electron chi connectivity index (χ4n) is 2.72. The number of carbonyl (C=O) groups is 4. The van der Waals surface area contributed by atoms with Crippen LogP contribution in [-0.2, 0) is 25.6 Å². The Morgan fingerprint density at radius 1 is 0.968 bits per heavy atom. The highest BCUT2D eigenvalue weighted by atomic mass is 16.4. The van der Waals surface area contributed by atoms with E-state index in [9.17, 15) is 19.2 Å². The zero-order valence-corrected chi connectivity index (χ0v) is 17.3. The third-order valence-corrected chi connectivity index (χ3v) is 4.45. The fourth-order valence-corrected chi connectivity index (χ4v) is 2.72. The third-order valence-electron chi connectivity index (χ3n) is 4.45. The number of hydrogen-bond acceptors (Lipinski definition) is 7. The second-order valence-corrected chi connectivity index (χ2v) is 7.00. The van der Waals surface area contributed by atoms with Crippen LogP contribution in [0, 0.1) is 0 Å². The number of aliphatic hydroxyl groups excluding tert-OH is 1. The number of hydrogen-bond donors (Lipinski definition) is 7. The average Bonchev–Trinajstić information content (AvgIpc) is 2.75. The zero-order valence-electron chi connectivity index (χ0n) is 17.3. The lowest BCUT2D eigenvalue weighted by Crippen LogP contribution is -2.54. The molecule has 0 saturated heterocycles. The number of aliphatic carboxylic acids is 1. The highest BCUT2D eigenvalue weighted by Crippen LogP contribution is 2.05. The van der Waals surface area contributed by atoms with Crippen LogP contribution in [0.25, 0.3) is 0 Å². The van der Waals surface area contributed by atoms with Gasteiger partial charge in [0.1, 0.15) is 12.1 Å². The summed E-state index contributed by atoms with van der Waals surface area (Å²) in [7, 11) is 0. The van der Waals surface area contributed by atoms with Gasteiger partial charge >= 0.3 is 5.97 Å². The number of unbranched alkanes of at least 4 members (excludes halogenated alkanes) is 1. The van der Waals surface area contributed by atoms with Crippen molar-refractivity contribution in [3.63, 3.8) is 0 Å². The first-order valence-corrected chi connectivity index (χ1v) is 9.99. The Balaban J connectivity index is 2.64. The van der Waals surface area contributed by atoms with Crippen LogP contribution >= 0.6 is 0 Å². The lowest BCUT2D eigenvalue weighted by atomic mass is 10.0. The predicted molar refractivity (Wildman–Crippen MR) is 113 cm³/mol. The molecule has 0 aliphatic carbocycles. The van der Waals surface area contributed by atoms with Crippen LogP contribution in [0.5, 0.6) is 0 Å². The summed E-state index contributed by atoms with van der Waals surface area (Å²) in [6, 6.07) is 5.93. The largest absolute Gasteiger partial charge is 0.480 e. The Bertz CT molecular complexity index is 730. The number of amides is 3. The van der Waals surface area contributed by atoms with E-state index in [0.717, 1.165) is 5.56 Å². The Kier molecular flexibility index (Phi) is 11.8. The molecular weight excluding hydrogens is 406 g/mol. The minimum absolute atomic E-state index is 0.294. The van der Waals surface area contributed by atoms with Gasteiger partial charge in [-0.2, -0.15) is 0 Å². The van der Waals surface area contributed by atoms with Crippen LogP contribution in [0.1, 0.15) is 24.8 Å². The first-order chi connectivity index (χ1) is 14.8. The van der Waals surface area contributed by atoms with Gasteiger partial charge in [-0.3, -0.25) is 14.4 Å². The first-order valence-electron chi connectivity index (χ1n) is 9.99. The Morgan fingerprint density at radius 3 is 2.23 bits per heavy atom. The monoisotopic (exact) mass is 437 g/mol. The molecular formula is C20H31N5O6. The second-order valence-electron chi connectivity index (χ2n) is 7.00. The number of nitrogens with one attached hydrogen (secondary N) is 3. The van der Waals surface area contributed by atoms with Gasteiger partial charge < -0.3 is 37.6 Å². The van der Waals surface area contributed by atoms with E-state index in [1.165, 1.54) is 0 Å². The molecule has 1 aromatic rings. The van der Waals surface area contributed by atoms with Gasteiger partial charge in [0, 0.05) is 0 Å². The van der Waals surface area contributed by atoms with Gasteiger partial charge in [0.05, 0.1) is 19.2 Å². The van der Waals surface area contributed by atoms with E-state index in [4.69, 9.17) is 21.7 Å². The molecule has 1 rings (SSSR count). The zero-order chi connectivity index (χ0) is 23.2. The number of carboxylic acids is 1. The van der Waals surface area contributed by atoms with E-state index in [2.05, 4.69) is 16.0 Å². The van der Waals surface area contributed by atoms with Crippen molar-refractivity contribution >= 4 is 23.7 Å². The topological polar surface area (TPSA) is 197 Å². The van der Waals surface area contributed by atoms with Crippen LogP contribution in [0.4, 0.5) is 0 Å². The molecule has 11 nitrogen and oxygen atoms in total. The van der Waals surface area contributed by atoms with Crippen LogP contribution in [-0.4, -0.2) is 71.7 Å². The maximum Gasteiger partial charge on any atom is 0.328 e. The average molecular weight is 437 g/mol. The maximum absolute atomic E-state index is 12.5. The van der Waals surface area contributed by atoms with E-state index in [1.54, 1.807) is 0 Å². The lowest BCUT2D eigenvalue weighted by molar-refractivity contribution is -0.142. The summed E-state index contributed by atoms with van der Waals surface area (Å²) in [5.74, 6) is -3.31. The SMILES string of the molecule is NCCCCC(NC(=O)C(N)Cc1ccccc1)C(=O)NCC(=O)NC(CO)C(=O)O. The summed E-state index contributed by atoms with van der Waals surface area (Å²) in [6.45, 7) is -0.871. The number of rotatable bonds is 14. The Labute approximate surface area is 180 Å². The minimum Gasteiger partial charge on any atom is -0.480 e. The van der Waals surface area contributed by atoms with Crippen molar-refractivity contribution in [2.24, 2.45) is 11.5 Å². The smallest absolute Gasteiger partial charge is 0.328 e. The van der Waals surface area contributed by atoms with Crippen molar-refractivity contribution in [1.29, 1.82) is 0 Å². The van der Waals surface area contributed by atoms with E-state index in [-0.39, 0.29) is 0 Å². The van der Waals surface area contributed by atoms with Gasteiger partial charge in [0.15, 0.2) is 0 Å². The molecule has 0 spiro atoms. The van der Waals surface area contributed by atoms with Gasteiger partial charge in [-0.05, 0) is 37.8 Å². The van der Waals surface area contributed by atoms with Gasteiger partial charge in [-0.25, -0.2) is 4.79 Å². The third kappa shape index (κ3) is 10.0. The molecule has 11 heteroatoms. The van der Waals surface area contributed by atoms with Crippen LogP contribution in [0.2, 0.25) is 0 Å². The summed E-state index contributed by atoms with van der Waals surface area (Å²) in [6.07, 6.45) is 1.81. The Morgan fingerprint density at radius 2 is 1.65 bits per heavy atom. The highest BCUT2D eigenvalue weighted by molar-refractivity contribution is 5.92. The number of aliphatic hydroxyl groups is 1. The summed E-state index contributed by atoms with van der Waals surface area (Å²) in [5, 5.41) is 24.8. The van der Waals surface area contributed by atoms with Crippen molar-refractivity contribution in [2.75, 3.05) is 19.7 Å². The molecule has 0 aromatic heterocycles. The molecule has 172 valence electrons. The van der Waals surface area contributed by atoms with E-state index in [0.29, 0.717) is 32.2 Å². The second kappa shape index (κ2) is 14.1. The van der Waals surface area contributed by atoms with Crippen molar-refractivity contribution in [3.8, 4) is 0 Å². The summed E-state index contributed by atoms with van der Waals surface area (Å²) < 4.78 is 0. The molecule has 3 atom stereocenters. The van der Waals surface area contributed by atoms with E-state index >= 15 is 0 Å². The summed E-state index contributed by atoms with van der Waals surface area (Å²) >= 11 is 0. The van der Waals surface area contributed by atoms with Gasteiger partial charge in [-0.15, -0.1) is 0 Å². The Hall–Kier alpha value is -3.02. The molecule has 0 bridgehead atoms. The minimum atomic E-state index is -1.47. The lowest BCUT2D eigenvalue weighted by Gasteiger charge is -2.21. The first kappa shape index (κ1) is 26.0. The molecule has 0 aliphatic rings. The van der Waals surface area contributed by atoms with Crippen LogP contribution < -0.4 is 27.4 Å². The van der Waals surface area contributed by atoms with Crippen molar-refractivity contribution in [1.82, 2.24) is 16.0 Å². The highest BCUT2D eigenvalue weighted by Gasteiger charge is 2.25. The quantitative estimate of drug-likeness (QED) is 0.160. The number of carboxylic acid groups (broad SMARTS) is 1. The van der Waals surface area contributed by atoms with E-state index < -0.39 is 55.0 Å². The molecule has 0 heterocycles. The summed E-state index contributed by atoms with van der Waals surface area (Å²) in [4.78, 5) is 47.6. The summed E-state index contributed by atoms with van der Waals surface area (Å²) in [5.41, 5.74) is 12.3. The van der Waals surface area contributed by atoms with Crippen LogP contribution in [0.3, 0.4) is 0 Å². The molecule has 0 saturated carbocycles. The fraction of sp³-hybridized carbons (Fsp3) is 0.500. The number of benzene rings is 1. The molecule has 0 fully saturated rings. The normalized spacial score (nSPS) is 13.5. The molecule has 31 heavy (non-hydrogen) atoms. The van der Waals surface area contributed by atoms with Crippen LogP contribution in [0.15, 0.2) is 30.3 Å². The van der Waals surface area contributed by atoms with Gasteiger partial charge in [0.25, 0.3) is 0 Å². The van der Waals surface area contributed by atoms with Crippen molar-refractivity contribution in [2.45, 2.75) is 43.8 Å². The molecule has 0 radical (unpaired) electrons. The number of nitrogens with two attached hydrogens (primary N) is 2. The number of carbonyl (C=O) groups excluding carboxylic acids is 3. The molecule has 3 amide bonds. The van der Waals surface area contributed by atoms with Crippen molar-refractivity contribution in [3.05, 3.63) is 35.9 Å². The van der Waals surface area contributed by atoms with Crippen molar-refractivity contribution < 1.29 is 29.4 Å². The molecule has 1 aromatic carbocycles. The molecule has 9 N–H and O–H groups in total.